The van der Waals surface area contributed by atoms with Crippen molar-refractivity contribution in [3.05, 3.63) is 0 Å². The summed E-state index contributed by atoms with van der Waals surface area (Å²) in [5.74, 6) is 0.176. The molecule has 1 unspecified atom stereocenters. The molecule has 92 valence electrons. The number of aliphatic carboxylic acids is 1. The van der Waals surface area contributed by atoms with Gasteiger partial charge in [0.25, 0.3) is 0 Å². The maximum Gasteiger partial charge on any atom is 0.303 e. The van der Waals surface area contributed by atoms with Crippen LogP contribution in [0.15, 0.2) is 0 Å². The van der Waals surface area contributed by atoms with Crippen LogP contribution >= 0.6 is 0 Å². The Labute approximate surface area is 96.4 Å². The van der Waals surface area contributed by atoms with Crippen LogP contribution in [0.4, 0.5) is 0 Å². The van der Waals surface area contributed by atoms with Crippen LogP contribution in [-0.2, 0) is 9.59 Å². The Hall–Kier alpha value is -1.06. The SMILES string of the molecule is CC(CCC(=O)O)CNC(=O)CC1CCC1. The van der Waals surface area contributed by atoms with Crippen molar-refractivity contribution in [1.82, 2.24) is 5.32 Å². The number of carbonyl (C=O) groups is 2. The van der Waals surface area contributed by atoms with E-state index in [4.69, 9.17) is 5.11 Å². The van der Waals surface area contributed by atoms with Gasteiger partial charge in [0, 0.05) is 19.4 Å². The van der Waals surface area contributed by atoms with Crippen LogP contribution in [0.25, 0.3) is 0 Å². The van der Waals surface area contributed by atoms with Crippen LogP contribution in [0, 0.1) is 11.8 Å². The standard InChI is InChI=1S/C12H21NO3/c1-9(5-6-12(15)16)8-13-11(14)7-10-3-2-4-10/h9-10H,2-8H2,1H3,(H,13,14)(H,15,16). The molecule has 2 N–H and O–H groups in total. The zero-order chi connectivity index (χ0) is 12.0. The molecule has 1 rings (SSSR count). The van der Waals surface area contributed by atoms with E-state index in [0.29, 0.717) is 25.3 Å². The highest BCUT2D eigenvalue weighted by atomic mass is 16.4. The van der Waals surface area contributed by atoms with E-state index in [0.717, 1.165) is 0 Å². The number of rotatable bonds is 7. The number of hydrogen-bond acceptors (Lipinski definition) is 2. The molecule has 1 aliphatic rings. The third-order valence-electron chi connectivity index (χ3n) is 3.20. The van der Waals surface area contributed by atoms with Gasteiger partial charge in [-0.25, -0.2) is 0 Å². The van der Waals surface area contributed by atoms with E-state index in [1.54, 1.807) is 0 Å². The van der Waals surface area contributed by atoms with Crippen molar-refractivity contribution in [1.29, 1.82) is 0 Å². The van der Waals surface area contributed by atoms with Crippen LogP contribution in [0.3, 0.4) is 0 Å². The highest BCUT2D eigenvalue weighted by Crippen LogP contribution is 2.29. The van der Waals surface area contributed by atoms with Crippen molar-refractivity contribution in [2.75, 3.05) is 6.54 Å². The third kappa shape index (κ3) is 5.14. The molecule has 0 aromatic rings. The first-order valence-electron chi connectivity index (χ1n) is 6.06. The summed E-state index contributed by atoms with van der Waals surface area (Å²) >= 11 is 0. The molecule has 0 saturated heterocycles. The largest absolute Gasteiger partial charge is 0.481 e. The summed E-state index contributed by atoms with van der Waals surface area (Å²) in [4.78, 5) is 21.8. The molecule has 4 heteroatoms. The summed E-state index contributed by atoms with van der Waals surface area (Å²) in [5.41, 5.74) is 0. The Morgan fingerprint density at radius 2 is 2.12 bits per heavy atom. The van der Waals surface area contributed by atoms with Gasteiger partial charge in [-0.3, -0.25) is 9.59 Å². The molecule has 0 bridgehead atoms. The van der Waals surface area contributed by atoms with Crippen LogP contribution in [-0.4, -0.2) is 23.5 Å². The molecule has 0 heterocycles. The lowest BCUT2D eigenvalue weighted by Crippen LogP contribution is -2.31. The van der Waals surface area contributed by atoms with E-state index in [1.807, 2.05) is 6.92 Å². The molecule has 0 aliphatic heterocycles. The van der Waals surface area contributed by atoms with E-state index in [9.17, 15) is 9.59 Å². The zero-order valence-electron chi connectivity index (χ0n) is 9.87. The second-order valence-electron chi connectivity index (χ2n) is 4.84. The first-order valence-corrected chi connectivity index (χ1v) is 6.06. The molecule has 0 aromatic carbocycles. The van der Waals surface area contributed by atoms with Gasteiger partial charge in [-0.1, -0.05) is 13.3 Å². The Morgan fingerprint density at radius 1 is 1.44 bits per heavy atom. The van der Waals surface area contributed by atoms with E-state index in [-0.39, 0.29) is 18.2 Å². The fourth-order valence-electron chi connectivity index (χ4n) is 1.79. The van der Waals surface area contributed by atoms with Crippen molar-refractivity contribution in [2.24, 2.45) is 11.8 Å². The monoisotopic (exact) mass is 227 g/mol. The number of hydrogen-bond donors (Lipinski definition) is 2. The van der Waals surface area contributed by atoms with Gasteiger partial charge in [-0.05, 0) is 31.1 Å². The van der Waals surface area contributed by atoms with Gasteiger partial charge in [0.15, 0.2) is 0 Å². The second-order valence-corrected chi connectivity index (χ2v) is 4.84. The first-order chi connectivity index (χ1) is 7.58. The van der Waals surface area contributed by atoms with Crippen molar-refractivity contribution < 1.29 is 14.7 Å². The van der Waals surface area contributed by atoms with Gasteiger partial charge in [-0.2, -0.15) is 0 Å². The number of carboxylic acid groups (broad SMARTS) is 1. The Balaban J connectivity index is 2.03. The average Bonchev–Trinajstić information content (AvgIpc) is 2.17. The van der Waals surface area contributed by atoms with E-state index in [2.05, 4.69) is 5.32 Å². The molecule has 0 spiro atoms. The minimum atomic E-state index is -0.771. The van der Waals surface area contributed by atoms with Gasteiger partial charge < -0.3 is 10.4 Å². The second kappa shape index (κ2) is 6.51. The molecule has 1 aliphatic carbocycles. The molecule has 16 heavy (non-hydrogen) atoms. The molecule has 1 amide bonds. The van der Waals surface area contributed by atoms with Crippen molar-refractivity contribution in [2.45, 2.75) is 45.4 Å². The lowest BCUT2D eigenvalue weighted by atomic mass is 9.83. The minimum absolute atomic E-state index is 0.117. The molecular weight excluding hydrogens is 206 g/mol. The van der Waals surface area contributed by atoms with Crippen LogP contribution < -0.4 is 5.32 Å². The molecule has 0 radical (unpaired) electrons. The topological polar surface area (TPSA) is 66.4 Å². The number of amides is 1. The average molecular weight is 227 g/mol. The molecule has 0 aromatic heterocycles. The summed E-state index contributed by atoms with van der Waals surface area (Å²) in [5, 5.41) is 11.4. The number of nitrogens with one attached hydrogen (secondary N) is 1. The summed E-state index contributed by atoms with van der Waals surface area (Å²) < 4.78 is 0. The lowest BCUT2D eigenvalue weighted by molar-refractivity contribution is -0.137. The first kappa shape index (κ1) is 13.0. The third-order valence-corrected chi connectivity index (χ3v) is 3.20. The lowest BCUT2D eigenvalue weighted by Gasteiger charge is -2.24. The van der Waals surface area contributed by atoms with Crippen LogP contribution in [0.2, 0.25) is 0 Å². The quantitative estimate of drug-likeness (QED) is 0.697. The van der Waals surface area contributed by atoms with Crippen molar-refractivity contribution >= 4 is 11.9 Å². The zero-order valence-corrected chi connectivity index (χ0v) is 9.87. The predicted octanol–water partition coefficient (Wildman–Crippen LogP) is 1.79. The Kier molecular flexibility index (Phi) is 5.29. The Bertz CT molecular complexity index is 249. The normalized spacial score (nSPS) is 17.6. The Morgan fingerprint density at radius 3 is 2.62 bits per heavy atom. The summed E-state index contributed by atoms with van der Waals surface area (Å²) in [7, 11) is 0. The van der Waals surface area contributed by atoms with Gasteiger partial charge in [0.05, 0.1) is 0 Å². The highest BCUT2D eigenvalue weighted by Gasteiger charge is 2.20. The minimum Gasteiger partial charge on any atom is -0.481 e. The molecule has 1 fully saturated rings. The fraction of sp³-hybridized carbons (Fsp3) is 0.833. The van der Waals surface area contributed by atoms with Gasteiger partial charge in [-0.15, -0.1) is 0 Å². The molecule has 1 saturated carbocycles. The van der Waals surface area contributed by atoms with E-state index >= 15 is 0 Å². The molecule has 4 nitrogen and oxygen atoms in total. The predicted molar refractivity (Wildman–Crippen MR) is 61.0 cm³/mol. The molecular formula is C12H21NO3. The maximum atomic E-state index is 11.5. The fourth-order valence-corrected chi connectivity index (χ4v) is 1.79. The van der Waals surface area contributed by atoms with Gasteiger partial charge >= 0.3 is 5.97 Å². The summed E-state index contributed by atoms with van der Waals surface area (Å²) in [6, 6.07) is 0. The van der Waals surface area contributed by atoms with Crippen molar-refractivity contribution in [3.63, 3.8) is 0 Å². The number of carboxylic acids is 1. The maximum absolute atomic E-state index is 11.5. The van der Waals surface area contributed by atoms with E-state index in [1.165, 1.54) is 19.3 Å². The summed E-state index contributed by atoms with van der Waals surface area (Å²) in [6.07, 6.45) is 5.07. The van der Waals surface area contributed by atoms with Crippen LogP contribution in [0.5, 0.6) is 0 Å². The summed E-state index contributed by atoms with van der Waals surface area (Å²) in [6.45, 7) is 2.56. The number of carbonyl (C=O) groups excluding carboxylic acids is 1. The van der Waals surface area contributed by atoms with Gasteiger partial charge in [0.2, 0.25) is 5.91 Å². The molecule has 1 atom stereocenters. The van der Waals surface area contributed by atoms with Gasteiger partial charge in [0.1, 0.15) is 0 Å². The smallest absolute Gasteiger partial charge is 0.303 e. The van der Waals surface area contributed by atoms with Crippen molar-refractivity contribution in [3.8, 4) is 0 Å². The van der Waals surface area contributed by atoms with E-state index < -0.39 is 5.97 Å². The highest BCUT2D eigenvalue weighted by molar-refractivity contribution is 5.76. The van der Waals surface area contributed by atoms with Crippen LogP contribution in [0.1, 0.15) is 45.4 Å².